The Labute approximate surface area is 185 Å². The SMILES string of the molecule is NN(C(=O)N(c1ccccc1Br)c1ccccc1C(F)(F)F)C1C=CC=CC1=S(=O)=O. The number of hydrazine groups is 1. The summed E-state index contributed by atoms with van der Waals surface area (Å²) < 4.78 is 64.6. The Morgan fingerprint density at radius 3 is 2.23 bits per heavy atom. The van der Waals surface area contributed by atoms with E-state index in [-0.39, 0.29) is 10.6 Å². The first-order valence-corrected chi connectivity index (χ1v) is 10.6. The summed E-state index contributed by atoms with van der Waals surface area (Å²) in [6.45, 7) is 0. The Hall–Kier alpha value is -2.89. The third-order valence-electron chi connectivity index (χ3n) is 4.40. The number of benzene rings is 2. The van der Waals surface area contributed by atoms with Crippen molar-refractivity contribution >= 4 is 48.5 Å². The van der Waals surface area contributed by atoms with Crippen molar-refractivity contribution in [2.24, 2.45) is 5.84 Å². The highest BCUT2D eigenvalue weighted by molar-refractivity contribution is 9.10. The number of carbonyl (C=O) groups excluding carboxylic acids is 1. The van der Waals surface area contributed by atoms with Crippen molar-refractivity contribution in [2.75, 3.05) is 4.90 Å². The number of nitrogens with two attached hydrogens (primary N) is 1. The molecule has 0 radical (unpaired) electrons. The van der Waals surface area contributed by atoms with E-state index in [1.165, 1.54) is 42.5 Å². The molecule has 0 saturated carbocycles. The van der Waals surface area contributed by atoms with Crippen LogP contribution in [-0.4, -0.2) is 30.4 Å². The molecule has 1 unspecified atom stereocenters. The molecule has 1 atom stereocenters. The normalized spacial score (nSPS) is 15.6. The highest BCUT2D eigenvalue weighted by Gasteiger charge is 2.38. The van der Waals surface area contributed by atoms with Crippen LogP contribution in [0.3, 0.4) is 0 Å². The minimum absolute atomic E-state index is 0.0970. The molecule has 2 aromatic carbocycles. The highest BCUT2D eigenvalue weighted by Crippen LogP contribution is 2.41. The van der Waals surface area contributed by atoms with Crippen LogP contribution in [0.5, 0.6) is 0 Å². The van der Waals surface area contributed by atoms with E-state index in [1.807, 2.05) is 0 Å². The van der Waals surface area contributed by atoms with E-state index >= 15 is 0 Å². The summed E-state index contributed by atoms with van der Waals surface area (Å²) in [6.07, 6.45) is 0.798. The maximum atomic E-state index is 13.7. The summed E-state index contributed by atoms with van der Waals surface area (Å²) in [5.74, 6) is 5.97. The van der Waals surface area contributed by atoms with E-state index in [0.717, 1.165) is 17.0 Å². The fourth-order valence-electron chi connectivity index (χ4n) is 3.01. The summed E-state index contributed by atoms with van der Waals surface area (Å²) in [6, 6.07) is 8.47. The maximum absolute atomic E-state index is 13.7. The van der Waals surface area contributed by atoms with Crippen molar-refractivity contribution < 1.29 is 26.4 Å². The molecule has 0 heterocycles. The number of urea groups is 1. The zero-order valence-electron chi connectivity index (χ0n) is 15.6. The second-order valence-electron chi connectivity index (χ2n) is 6.32. The van der Waals surface area contributed by atoms with Crippen LogP contribution in [0.2, 0.25) is 0 Å². The van der Waals surface area contributed by atoms with Crippen LogP contribution in [0.1, 0.15) is 5.56 Å². The summed E-state index contributed by atoms with van der Waals surface area (Å²) in [5, 5.41) is 0.581. The van der Waals surface area contributed by atoms with Gasteiger partial charge in [-0.2, -0.15) is 21.6 Å². The van der Waals surface area contributed by atoms with E-state index in [1.54, 1.807) is 18.2 Å². The molecule has 3 rings (SSSR count). The molecule has 162 valence electrons. The molecule has 2 aromatic rings. The fourth-order valence-corrected chi connectivity index (χ4v) is 4.05. The van der Waals surface area contributed by atoms with E-state index in [9.17, 15) is 26.4 Å². The topological polar surface area (TPSA) is 83.7 Å². The molecule has 6 nitrogen and oxygen atoms in total. The van der Waals surface area contributed by atoms with Gasteiger partial charge in [0.25, 0.3) is 0 Å². The van der Waals surface area contributed by atoms with Gasteiger partial charge in [-0.15, -0.1) is 0 Å². The number of hydrogen-bond donors (Lipinski definition) is 1. The summed E-state index contributed by atoms with van der Waals surface area (Å²) >= 11 is 3.25. The molecule has 1 aliphatic carbocycles. The second kappa shape index (κ2) is 9.08. The monoisotopic (exact) mass is 513 g/mol. The van der Waals surface area contributed by atoms with Crippen molar-refractivity contribution in [3.63, 3.8) is 0 Å². The molecule has 31 heavy (non-hydrogen) atoms. The van der Waals surface area contributed by atoms with Gasteiger partial charge in [-0.25, -0.2) is 15.6 Å². The lowest BCUT2D eigenvalue weighted by Crippen LogP contribution is -2.53. The molecule has 1 aliphatic rings. The number of halogens is 4. The van der Waals surface area contributed by atoms with Crippen molar-refractivity contribution in [1.82, 2.24) is 5.01 Å². The van der Waals surface area contributed by atoms with Gasteiger partial charge in [0.05, 0.1) is 21.8 Å². The molecule has 0 fully saturated rings. The third-order valence-corrected chi connectivity index (χ3v) is 5.84. The van der Waals surface area contributed by atoms with Gasteiger partial charge < -0.3 is 0 Å². The average Bonchev–Trinajstić information content (AvgIpc) is 2.74. The summed E-state index contributed by atoms with van der Waals surface area (Å²) in [4.78, 5) is 14.0. The first-order valence-electron chi connectivity index (χ1n) is 8.72. The van der Waals surface area contributed by atoms with Gasteiger partial charge in [0.1, 0.15) is 6.04 Å². The third kappa shape index (κ3) is 4.73. The quantitative estimate of drug-likeness (QED) is 0.284. The maximum Gasteiger partial charge on any atom is 0.418 e. The Morgan fingerprint density at radius 2 is 1.61 bits per heavy atom. The van der Waals surface area contributed by atoms with Gasteiger partial charge in [-0.05, 0) is 46.3 Å². The van der Waals surface area contributed by atoms with Crippen molar-refractivity contribution in [3.05, 3.63) is 82.9 Å². The van der Waals surface area contributed by atoms with Gasteiger partial charge in [0, 0.05) is 4.47 Å². The molecule has 0 saturated heterocycles. The molecule has 0 spiro atoms. The Morgan fingerprint density at radius 1 is 1.00 bits per heavy atom. The number of anilines is 2. The molecule has 0 bridgehead atoms. The van der Waals surface area contributed by atoms with Crippen LogP contribution < -0.4 is 10.7 Å². The molecule has 2 N–H and O–H groups in total. The standard InChI is InChI=1S/C20H15BrF3N3O3S/c21-14-8-2-4-10-16(14)26(15-9-3-1-7-13(15)20(22,23)24)19(28)27(25)17-11-5-6-12-18(17)31(29)30/h1-12,17H,25H2. The van der Waals surface area contributed by atoms with E-state index in [4.69, 9.17) is 5.84 Å². The first-order chi connectivity index (χ1) is 14.6. The van der Waals surface area contributed by atoms with Gasteiger partial charge in [0.15, 0.2) is 0 Å². The fraction of sp³-hybridized carbons (Fsp3) is 0.100. The van der Waals surface area contributed by atoms with E-state index in [0.29, 0.717) is 9.48 Å². The van der Waals surface area contributed by atoms with Crippen LogP contribution in [0.25, 0.3) is 0 Å². The Balaban J connectivity index is 2.19. The largest absolute Gasteiger partial charge is 0.418 e. The zero-order chi connectivity index (χ0) is 22.8. The van der Waals surface area contributed by atoms with Crippen LogP contribution in [-0.2, 0) is 16.5 Å². The molecule has 0 aromatic heterocycles. The number of para-hydroxylation sites is 2. The number of alkyl halides is 3. The summed E-state index contributed by atoms with van der Waals surface area (Å²) in [7, 11) is -2.70. The lowest BCUT2D eigenvalue weighted by molar-refractivity contribution is -0.137. The molecular formula is C20H15BrF3N3O3S. The van der Waals surface area contributed by atoms with Crippen molar-refractivity contribution in [1.29, 1.82) is 0 Å². The predicted molar refractivity (Wildman–Crippen MR) is 115 cm³/mol. The van der Waals surface area contributed by atoms with Gasteiger partial charge >= 0.3 is 12.2 Å². The van der Waals surface area contributed by atoms with Gasteiger partial charge in [-0.1, -0.05) is 42.5 Å². The molecule has 2 amide bonds. The lowest BCUT2D eigenvalue weighted by atomic mass is 10.1. The Kier molecular flexibility index (Phi) is 6.68. The first kappa shape index (κ1) is 22.8. The smallest absolute Gasteiger partial charge is 0.260 e. The second-order valence-corrected chi connectivity index (χ2v) is 8.11. The molecular weight excluding hydrogens is 499 g/mol. The van der Waals surface area contributed by atoms with Crippen LogP contribution >= 0.6 is 15.9 Å². The molecule has 0 aliphatic heterocycles. The minimum Gasteiger partial charge on any atom is -0.260 e. The zero-order valence-corrected chi connectivity index (χ0v) is 18.0. The number of amides is 2. The average molecular weight is 514 g/mol. The van der Waals surface area contributed by atoms with E-state index in [2.05, 4.69) is 15.9 Å². The summed E-state index contributed by atoms with van der Waals surface area (Å²) in [5.41, 5.74) is -1.41. The highest BCUT2D eigenvalue weighted by atomic mass is 79.9. The lowest BCUT2D eigenvalue weighted by Gasteiger charge is -2.33. The van der Waals surface area contributed by atoms with Crippen LogP contribution in [0, 0.1) is 0 Å². The molecule has 11 heteroatoms. The van der Waals surface area contributed by atoms with Crippen LogP contribution in [0.4, 0.5) is 29.3 Å². The number of allylic oxidation sites excluding steroid dienone is 2. The number of carbonyl (C=O) groups is 1. The number of nitrogens with zero attached hydrogens (tertiary/aromatic N) is 2. The number of hydrogen-bond acceptors (Lipinski definition) is 4. The minimum atomic E-state index is -4.75. The van der Waals surface area contributed by atoms with Crippen molar-refractivity contribution in [2.45, 2.75) is 12.2 Å². The van der Waals surface area contributed by atoms with E-state index < -0.39 is 39.8 Å². The predicted octanol–water partition coefficient (Wildman–Crippen LogP) is 4.45. The Bertz CT molecular complexity index is 1200. The van der Waals surface area contributed by atoms with Gasteiger partial charge in [0.2, 0.25) is 10.3 Å². The number of rotatable bonds is 3. The van der Waals surface area contributed by atoms with Crippen LogP contribution in [0.15, 0.2) is 77.3 Å². The van der Waals surface area contributed by atoms with Gasteiger partial charge in [-0.3, -0.25) is 4.90 Å². The van der Waals surface area contributed by atoms with Crippen molar-refractivity contribution in [3.8, 4) is 0 Å².